The van der Waals surface area contributed by atoms with E-state index in [1.54, 1.807) is 18.3 Å². The normalized spacial score (nSPS) is 14.0. The van der Waals surface area contributed by atoms with Crippen molar-refractivity contribution in [2.24, 2.45) is 5.92 Å². The lowest BCUT2D eigenvalue weighted by Crippen LogP contribution is -2.36. The van der Waals surface area contributed by atoms with Crippen molar-refractivity contribution in [3.05, 3.63) is 82.8 Å². The molecule has 34 heavy (non-hydrogen) atoms. The van der Waals surface area contributed by atoms with Gasteiger partial charge in [-0.15, -0.1) is 0 Å². The zero-order chi connectivity index (χ0) is 23.9. The first-order chi connectivity index (χ1) is 16.5. The van der Waals surface area contributed by atoms with E-state index in [-0.39, 0.29) is 17.3 Å². The minimum atomic E-state index is -0.700. The second kappa shape index (κ2) is 10.7. The Morgan fingerprint density at radius 1 is 1.12 bits per heavy atom. The summed E-state index contributed by atoms with van der Waals surface area (Å²) in [6.07, 6.45) is 3.80. The molecule has 0 bridgehead atoms. The highest BCUT2D eigenvalue weighted by molar-refractivity contribution is 5.72. The van der Waals surface area contributed by atoms with Crippen LogP contribution in [-0.4, -0.2) is 35.6 Å². The van der Waals surface area contributed by atoms with E-state index in [4.69, 9.17) is 4.74 Å². The van der Waals surface area contributed by atoms with Gasteiger partial charge in [0.05, 0.1) is 4.92 Å². The van der Waals surface area contributed by atoms with E-state index in [1.807, 2.05) is 18.2 Å². The predicted molar refractivity (Wildman–Crippen MR) is 126 cm³/mol. The maximum absolute atomic E-state index is 13.5. The molecule has 0 unspecified atom stereocenters. The molecule has 0 aliphatic carbocycles. The van der Waals surface area contributed by atoms with Crippen molar-refractivity contribution in [2.45, 2.75) is 19.3 Å². The fourth-order valence-electron chi connectivity index (χ4n) is 4.07. The Hall–Kier alpha value is -4.01. The van der Waals surface area contributed by atoms with Crippen LogP contribution in [0.15, 0.2) is 66.9 Å². The summed E-state index contributed by atoms with van der Waals surface area (Å²) >= 11 is 0. The molecule has 0 radical (unpaired) electrons. The number of piperidine rings is 1. The second-order valence-corrected chi connectivity index (χ2v) is 8.18. The Bertz CT molecular complexity index is 1150. The number of para-hydroxylation sites is 2. The highest BCUT2D eigenvalue weighted by Crippen LogP contribution is 2.27. The predicted octanol–water partition coefficient (Wildman–Crippen LogP) is 5.19. The van der Waals surface area contributed by atoms with Crippen LogP contribution in [0, 0.1) is 21.8 Å². The van der Waals surface area contributed by atoms with Crippen LogP contribution in [0.4, 0.5) is 20.7 Å². The summed E-state index contributed by atoms with van der Waals surface area (Å²) < 4.78 is 18.5. The summed E-state index contributed by atoms with van der Waals surface area (Å²) in [4.78, 5) is 29.2. The summed E-state index contributed by atoms with van der Waals surface area (Å²) in [5.41, 5.74) is 1.42. The zero-order valence-corrected chi connectivity index (χ0v) is 18.5. The number of hydrogen-bond donors (Lipinski definition) is 1. The molecule has 1 amide bonds. The minimum Gasteiger partial charge on any atom is -0.403 e. The van der Waals surface area contributed by atoms with Gasteiger partial charge in [-0.1, -0.05) is 24.3 Å². The molecular weight excluding hydrogens is 439 g/mol. The quantitative estimate of drug-likeness (QED) is 0.382. The average molecular weight is 464 g/mol. The van der Waals surface area contributed by atoms with Crippen molar-refractivity contribution in [3.8, 4) is 16.9 Å². The van der Waals surface area contributed by atoms with Gasteiger partial charge in [-0.05, 0) is 61.1 Å². The molecule has 0 spiro atoms. The number of anilines is 1. The topological polar surface area (TPSA) is 97.6 Å². The van der Waals surface area contributed by atoms with Crippen LogP contribution in [0.5, 0.6) is 5.75 Å². The molecule has 1 aliphatic rings. The number of hydrogen-bond acceptors (Lipinski definition) is 6. The Labute approximate surface area is 196 Å². The van der Waals surface area contributed by atoms with E-state index in [0.29, 0.717) is 12.5 Å². The number of nitrogens with zero attached hydrogens (tertiary/aromatic N) is 3. The maximum Gasteiger partial charge on any atom is 0.412 e. The molecule has 2 aromatic carbocycles. The molecule has 1 N–H and O–H groups in total. The monoisotopic (exact) mass is 464 g/mol. The van der Waals surface area contributed by atoms with Crippen LogP contribution in [0.3, 0.4) is 0 Å². The molecule has 1 saturated heterocycles. The molecule has 176 valence electrons. The van der Waals surface area contributed by atoms with Gasteiger partial charge in [-0.2, -0.15) is 0 Å². The van der Waals surface area contributed by atoms with E-state index in [2.05, 4.69) is 15.2 Å². The van der Waals surface area contributed by atoms with Crippen molar-refractivity contribution >= 4 is 17.6 Å². The van der Waals surface area contributed by atoms with Crippen LogP contribution >= 0.6 is 0 Å². The molecule has 3 aromatic rings. The van der Waals surface area contributed by atoms with Crippen LogP contribution in [0.2, 0.25) is 0 Å². The van der Waals surface area contributed by atoms with E-state index in [1.165, 1.54) is 30.3 Å². The van der Waals surface area contributed by atoms with Crippen LogP contribution < -0.4 is 15.0 Å². The Morgan fingerprint density at radius 3 is 2.62 bits per heavy atom. The number of aromatic nitrogens is 1. The number of carbonyl (C=O) groups is 1. The zero-order valence-electron chi connectivity index (χ0n) is 18.5. The number of amides is 1. The molecule has 0 saturated carbocycles. The Balaban J connectivity index is 1.21. The van der Waals surface area contributed by atoms with Gasteiger partial charge < -0.3 is 15.0 Å². The third-order valence-electron chi connectivity index (χ3n) is 5.93. The molecule has 2 heterocycles. The fourth-order valence-corrected chi connectivity index (χ4v) is 4.07. The number of nitro groups is 1. The van der Waals surface area contributed by atoms with Gasteiger partial charge in [0.15, 0.2) is 0 Å². The van der Waals surface area contributed by atoms with Crippen molar-refractivity contribution in [3.63, 3.8) is 0 Å². The van der Waals surface area contributed by atoms with E-state index < -0.39 is 11.0 Å². The molecule has 1 fully saturated rings. The van der Waals surface area contributed by atoms with Gasteiger partial charge in [-0.25, -0.2) is 14.2 Å². The molecule has 1 aliphatic heterocycles. The van der Waals surface area contributed by atoms with Crippen molar-refractivity contribution in [1.29, 1.82) is 0 Å². The average Bonchev–Trinajstić information content (AvgIpc) is 2.85. The third-order valence-corrected chi connectivity index (χ3v) is 5.93. The summed E-state index contributed by atoms with van der Waals surface area (Å²) in [5, 5.41) is 13.7. The lowest BCUT2D eigenvalue weighted by atomic mass is 9.93. The van der Waals surface area contributed by atoms with Gasteiger partial charge in [0.25, 0.3) is 0 Å². The lowest BCUT2D eigenvalue weighted by molar-refractivity contribution is -0.385. The number of ether oxygens (including phenoxy) is 1. The third kappa shape index (κ3) is 5.86. The van der Waals surface area contributed by atoms with Gasteiger partial charge in [0, 0.05) is 37.5 Å². The second-order valence-electron chi connectivity index (χ2n) is 8.18. The summed E-state index contributed by atoms with van der Waals surface area (Å²) in [6.45, 7) is 2.15. The van der Waals surface area contributed by atoms with Gasteiger partial charge in [0.1, 0.15) is 11.6 Å². The summed E-state index contributed by atoms with van der Waals surface area (Å²) in [5.74, 6) is 1.00. The number of halogens is 1. The Kier molecular flexibility index (Phi) is 7.31. The summed E-state index contributed by atoms with van der Waals surface area (Å²) in [7, 11) is 0. The van der Waals surface area contributed by atoms with Crippen molar-refractivity contribution in [1.82, 2.24) is 10.3 Å². The molecular formula is C25H25FN4O4. The fraction of sp³-hybridized carbons (Fsp3) is 0.280. The SMILES string of the molecule is O=C(NCCC1CCN(c2ccc(-c3cccc(F)c3)cn2)CC1)Oc1ccccc1[N+](=O)[O-]. The van der Waals surface area contributed by atoms with E-state index >= 15 is 0 Å². The highest BCUT2D eigenvalue weighted by Gasteiger charge is 2.21. The standard InChI is InChI=1S/C25H25FN4O4/c26-21-5-3-4-19(16-21)20-8-9-24(28-17-20)29-14-11-18(12-15-29)10-13-27-25(31)34-23-7-2-1-6-22(23)30(32)33/h1-9,16-18H,10-15H2,(H,27,31). The first kappa shape index (κ1) is 23.2. The van der Waals surface area contributed by atoms with E-state index in [0.717, 1.165) is 49.3 Å². The highest BCUT2D eigenvalue weighted by atomic mass is 19.1. The number of benzene rings is 2. The van der Waals surface area contributed by atoms with Gasteiger partial charge in [0.2, 0.25) is 5.75 Å². The van der Waals surface area contributed by atoms with Crippen molar-refractivity contribution < 1.29 is 18.8 Å². The lowest BCUT2D eigenvalue weighted by Gasteiger charge is -2.32. The van der Waals surface area contributed by atoms with Gasteiger partial charge in [-0.3, -0.25) is 10.1 Å². The van der Waals surface area contributed by atoms with Crippen LogP contribution in [-0.2, 0) is 0 Å². The van der Waals surface area contributed by atoms with E-state index in [9.17, 15) is 19.3 Å². The number of rotatable bonds is 7. The van der Waals surface area contributed by atoms with Crippen molar-refractivity contribution in [2.75, 3.05) is 24.5 Å². The number of nitro benzene ring substituents is 1. The smallest absolute Gasteiger partial charge is 0.403 e. The number of pyridine rings is 1. The number of nitrogens with one attached hydrogen (secondary N) is 1. The number of carbonyl (C=O) groups excluding carboxylic acids is 1. The maximum atomic E-state index is 13.5. The first-order valence-electron chi connectivity index (χ1n) is 11.2. The Morgan fingerprint density at radius 2 is 1.91 bits per heavy atom. The van der Waals surface area contributed by atoms with Crippen LogP contribution in [0.1, 0.15) is 19.3 Å². The molecule has 8 nitrogen and oxygen atoms in total. The summed E-state index contributed by atoms with van der Waals surface area (Å²) in [6, 6.07) is 16.1. The molecule has 4 rings (SSSR count). The minimum absolute atomic E-state index is 0.0748. The molecule has 1 aromatic heterocycles. The van der Waals surface area contributed by atoms with Crippen LogP contribution in [0.25, 0.3) is 11.1 Å². The molecule has 9 heteroatoms. The largest absolute Gasteiger partial charge is 0.412 e. The van der Waals surface area contributed by atoms with Gasteiger partial charge >= 0.3 is 11.8 Å². The molecule has 0 atom stereocenters. The first-order valence-corrected chi connectivity index (χ1v) is 11.2.